The molecule has 8 nitrogen and oxygen atoms in total. The second kappa shape index (κ2) is 7.13. The number of hydrogen-bond acceptors (Lipinski definition) is 5. The summed E-state index contributed by atoms with van der Waals surface area (Å²) in [7, 11) is 0. The number of amides is 2. The lowest BCUT2D eigenvalue weighted by Crippen LogP contribution is -2.60. The topological polar surface area (TPSA) is 95.7 Å². The fourth-order valence-corrected chi connectivity index (χ4v) is 6.88. The van der Waals surface area contributed by atoms with Crippen molar-refractivity contribution in [1.29, 1.82) is 0 Å². The normalized spacial score (nSPS) is 28.5. The van der Waals surface area contributed by atoms with Crippen LogP contribution in [0.4, 0.5) is 5.69 Å². The summed E-state index contributed by atoms with van der Waals surface area (Å²) in [4.78, 5) is 48.8. The number of rotatable bonds is 2. The summed E-state index contributed by atoms with van der Waals surface area (Å²) >= 11 is 0. The average Bonchev–Trinajstić information content (AvgIpc) is 3.32. The lowest BCUT2D eigenvalue weighted by Gasteiger charge is -2.46. The van der Waals surface area contributed by atoms with E-state index in [4.69, 9.17) is 4.98 Å². The monoisotopic (exact) mass is 484 g/mol. The molecule has 2 aromatic carbocycles. The Morgan fingerprint density at radius 1 is 1.14 bits per heavy atom. The first kappa shape index (κ1) is 22.7. The van der Waals surface area contributed by atoms with E-state index in [9.17, 15) is 19.5 Å². The number of allylic oxidation sites excluding steroid dienone is 1. The molecular formula is C28H28N4O4. The number of anilines is 1. The number of carbonyl (C=O) groups excluding carboxylic acids is 2. The Hall–Kier alpha value is -3.78. The number of hydrogen-bond donors (Lipinski definition) is 1. The molecule has 0 saturated carbocycles. The Kier molecular flexibility index (Phi) is 4.49. The van der Waals surface area contributed by atoms with Gasteiger partial charge in [0, 0.05) is 12.6 Å². The van der Waals surface area contributed by atoms with E-state index in [0.29, 0.717) is 22.4 Å². The largest absolute Gasteiger partial charge is 0.389 e. The highest BCUT2D eigenvalue weighted by molar-refractivity contribution is 5.98. The predicted molar refractivity (Wildman–Crippen MR) is 135 cm³/mol. The Balaban J connectivity index is 1.73. The molecule has 8 heteroatoms. The second-order valence-electron chi connectivity index (χ2n) is 10.5. The zero-order valence-corrected chi connectivity index (χ0v) is 20.7. The molecule has 1 fully saturated rings. The van der Waals surface area contributed by atoms with Crippen molar-refractivity contribution in [2.24, 2.45) is 5.41 Å². The van der Waals surface area contributed by atoms with Crippen molar-refractivity contribution >= 4 is 28.4 Å². The van der Waals surface area contributed by atoms with Crippen molar-refractivity contribution in [1.82, 2.24) is 14.5 Å². The van der Waals surface area contributed by atoms with Crippen molar-refractivity contribution in [2.45, 2.75) is 57.5 Å². The van der Waals surface area contributed by atoms with Crippen LogP contribution in [-0.2, 0) is 15.0 Å². The molecule has 2 amide bonds. The van der Waals surface area contributed by atoms with Gasteiger partial charge in [-0.05, 0) is 36.1 Å². The van der Waals surface area contributed by atoms with Crippen molar-refractivity contribution in [3.63, 3.8) is 0 Å². The molecule has 3 aromatic rings. The number of aliphatic hydroxyl groups is 1. The molecule has 1 saturated heterocycles. The Labute approximate surface area is 208 Å². The van der Waals surface area contributed by atoms with E-state index in [-0.39, 0.29) is 17.4 Å². The van der Waals surface area contributed by atoms with E-state index in [1.54, 1.807) is 47.1 Å². The van der Waals surface area contributed by atoms with Crippen molar-refractivity contribution in [2.75, 3.05) is 4.90 Å². The number of nitrogens with zero attached hydrogens (tertiary/aromatic N) is 4. The molecule has 0 unspecified atom stereocenters. The van der Waals surface area contributed by atoms with Crippen LogP contribution in [-0.4, -0.2) is 43.6 Å². The van der Waals surface area contributed by atoms with Crippen molar-refractivity contribution < 1.29 is 14.7 Å². The molecule has 0 spiro atoms. The van der Waals surface area contributed by atoms with Crippen LogP contribution >= 0.6 is 0 Å². The van der Waals surface area contributed by atoms with E-state index < -0.39 is 35.2 Å². The molecule has 6 rings (SSSR count). The molecule has 5 atom stereocenters. The van der Waals surface area contributed by atoms with Crippen LogP contribution in [0.5, 0.6) is 0 Å². The average molecular weight is 485 g/mol. The Morgan fingerprint density at radius 3 is 2.50 bits per heavy atom. The first-order valence-electron chi connectivity index (χ1n) is 12.1. The van der Waals surface area contributed by atoms with Gasteiger partial charge in [-0.15, -0.1) is 6.58 Å². The van der Waals surface area contributed by atoms with Gasteiger partial charge >= 0.3 is 0 Å². The molecule has 184 valence electrons. The van der Waals surface area contributed by atoms with Gasteiger partial charge in [-0.25, -0.2) is 4.98 Å². The van der Waals surface area contributed by atoms with Crippen LogP contribution in [0.25, 0.3) is 10.9 Å². The minimum Gasteiger partial charge on any atom is -0.389 e. The first-order valence-corrected chi connectivity index (χ1v) is 12.1. The Morgan fingerprint density at radius 2 is 1.81 bits per heavy atom. The summed E-state index contributed by atoms with van der Waals surface area (Å²) in [6, 6.07) is 12.7. The highest BCUT2D eigenvalue weighted by Gasteiger charge is 2.74. The Bertz CT molecular complexity index is 1540. The standard InChI is InChI=1S/C28H28N4O4/c1-6-27(4,5)28-18-12-8-10-14-20(18)31(16(3)33)26(28)32-21(22(28)34)23-29-19-13-9-7-11-17(19)25(36)30(23)15(2)24(32)35/h6-15,21-22,26,34H,1H2,2-5H3/t15-,21+,22-,26+,28+/m0/s1. The summed E-state index contributed by atoms with van der Waals surface area (Å²) < 4.78 is 1.41. The quantitative estimate of drug-likeness (QED) is 0.564. The fourth-order valence-electron chi connectivity index (χ4n) is 6.88. The van der Waals surface area contributed by atoms with E-state index in [1.165, 1.54) is 11.5 Å². The molecule has 4 heterocycles. The lowest BCUT2D eigenvalue weighted by molar-refractivity contribution is -0.142. The minimum absolute atomic E-state index is 0.239. The third kappa shape index (κ3) is 2.38. The van der Waals surface area contributed by atoms with E-state index in [1.807, 2.05) is 38.1 Å². The number of benzene rings is 2. The van der Waals surface area contributed by atoms with Crippen molar-refractivity contribution in [3.05, 3.63) is 82.9 Å². The van der Waals surface area contributed by atoms with Gasteiger partial charge < -0.3 is 10.0 Å². The molecule has 3 aliphatic heterocycles. The maximum Gasteiger partial charge on any atom is 0.262 e. The molecule has 3 aliphatic rings. The number of fused-ring (bicyclic) bond motifs is 8. The van der Waals surface area contributed by atoms with Crippen LogP contribution in [0.1, 0.15) is 51.2 Å². The molecule has 1 N–H and O–H groups in total. The van der Waals surface area contributed by atoms with Gasteiger partial charge in [-0.2, -0.15) is 0 Å². The molecule has 0 aliphatic carbocycles. The second-order valence-corrected chi connectivity index (χ2v) is 10.5. The van der Waals surface area contributed by atoms with Gasteiger partial charge in [0.2, 0.25) is 11.8 Å². The molecule has 1 aromatic heterocycles. The maximum absolute atomic E-state index is 14.1. The van der Waals surface area contributed by atoms with Gasteiger partial charge in [0.25, 0.3) is 5.56 Å². The smallest absolute Gasteiger partial charge is 0.262 e. The SMILES string of the molecule is C=CC(C)(C)[C@@]12c3ccccc3N(C(C)=O)[C@@H]1N1C(=O)[C@H](C)n3c(nc4ccccc4c3=O)[C@H]1[C@@H]2O. The van der Waals surface area contributed by atoms with Crippen LogP contribution < -0.4 is 10.5 Å². The number of aliphatic hydroxyl groups excluding tert-OH is 1. The highest BCUT2D eigenvalue weighted by Crippen LogP contribution is 2.65. The predicted octanol–water partition coefficient (Wildman–Crippen LogP) is 3.06. The number of carbonyl (C=O) groups is 2. The van der Waals surface area contributed by atoms with Crippen LogP contribution in [0.15, 0.2) is 66.0 Å². The van der Waals surface area contributed by atoms with E-state index >= 15 is 0 Å². The van der Waals surface area contributed by atoms with Crippen LogP contribution in [0.3, 0.4) is 0 Å². The van der Waals surface area contributed by atoms with Gasteiger partial charge in [-0.3, -0.25) is 23.9 Å². The summed E-state index contributed by atoms with van der Waals surface area (Å²) in [5.74, 6) is -0.249. The fraction of sp³-hybridized carbons (Fsp3) is 0.357. The van der Waals surface area contributed by atoms with E-state index in [2.05, 4.69) is 6.58 Å². The van der Waals surface area contributed by atoms with Gasteiger partial charge in [0.1, 0.15) is 24.1 Å². The van der Waals surface area contributed by atoms with Gasteiger partial charge in [-0.1, -0.05) is 50.3 Å². The highest BCUT2D eigenvalue weighted by atomic mass is 16.3. The lowest BCUT2D eigenvalue weighted by atomic mass is 9.58. The van der Waals surface area contributed by atoms with Gasteiger partial charge in [0.05, 0.1) is 22.4 Å². The summed E-state index contributed by atoms with van der Waals surface area (Å²) in [5.41, 5.74) is -0.235. The third-order valence-electron chi connectivity index (χ3n) is 8.60. The molecule has 0 radical (unpaired) electrons. The summed E-state index contributed by atoms with van der Waals surface area (Å²) in [6.07, 6.45) is -0.207. The molecule has 0 bridgehead atoms. The maximum atomic E-state index is 14.1. The van der Waals surface area contributed by atoms with Crippen molar-refractivity contribution in [3.8, 4) is 0 Å². The zero-order valence-electron chi connectivity index (χ0n) is 20.7. The third-order valence-corrected chi connectivity index (χ3v) is 8.60. The van der Waals surface area contributed by atoms with Crippen LogP contribution in [0, 0.1) is 5.41 Å². The minimum atomic E-state index is -1.17. The summed E-state index contributed by atoms with van der Waals surface area (Å²) in [5, 5.41) is 12.8. The van der Waals surface area contributed by atoms with Gasteiger partial charge in [0.15, 0.2) is 0 Å². The number of para-hydroxylation sites is 2. The van der Waals surface area contributed by atoms with E-state index in [0.717, 1.165) is 5.56 Å². The molecular weight excluding hydrogens is 456 g/mol. The number of aromatic nitrogens is 2. The summed E-state index contributed by atoms with van der Waals surface area (Å²) in [6.45, 7) is 11.1. The zero-order chi connectivity index (χ0) is 25.7. The first-order chi connectivity index (χ1) is 17.1. The van der Waals surface area contributed by atoms with Crippen LogP contribution in [0.2, 0.25) is 0 Å². The molecule has 36 heavy (non-hydrogen) atoms.